The molecule has 1 aliphatic heterocycles. The van der Waals surface area contributed by atoms with E-state index in [1.165, 1.54) is 16.4 Å². The summed E-state index contributed by atoms with van der Waals surface area (Å²) in [6.45, 7) is 2.56. The van der Waals surface area contributed by atoms with Crippen LogP contribution >= 0.6 is 0 Å². The Kier molecular flexibility index (Phi) is 5.52. The number of sulfonamides is 1. The minimum absolute atomic E-state index is 0.0140. The predicted molar refractivity (Wildman–Crippen MR) is 81.2 cm³/mol. The molecule has 7 heteroatoms. The van der Waals surface area contributed by atoms with Crippen LogP contribution in [0.4, 0.5) is 4.39 Å². The molecular formula is C15H21FN2O3S. The van der Waals surface area contributed by atoms with Gasteiger partial charge < -0.3 is 5.32 Å². The summed E-state index contributed by atoms with van der Waals surface area (Å²) >= 11 is 0. The molecule has 1 aromatic rings. The molecule has 2 rings (SSSR count). The molecule has 1 unspecified atom stereocenters. The largest absolute Gasteiger partial charge is 0.353 e. The molecule has 122 valence electrons. The van der Waals surface area contributed by atoms with Gasteiger partial charge in [0.1, 0.15) is 5.82 Å². The minimum atomic E-state index is -3.61. The zero-order chi connectivity index (χ0) is 16.2. The fourth-order valence-electron chi connectivity index (χ4n) is 2.54. The van der Waals surface area contributed by atoms with Crippen molar-refractivity contribution in [3.8, 4) is 0 Å². The van der Waals surface area contributed by atoms with E-state index < -0.39 is 15.8 Å². The van der Waals surface area contributed by atoms with Gasteiger partial charge in [-0.15, -0.1) is 0 Å². The molecule has 1 aromatic carbocycles. The number of hydrogen-bond acceptors (Lipinski definition) is 3. The van der Waals surface area contributed by atoms with Crippen molar-refractivity contribution in [3.63, 3.8) is 0 Å². The molecule has 0 bridgehead atoms. The normalized spacial score (nSPS) is 20.4. The van der Waals surface area contributed by atoms with Crippen molar-refractivity contribution in [1.29, 1.82) is 0 Å². The Morgan fingerprint density at radius 3 is 2.59 bits per heavy atom. The Balaban J connectivity index is 2.06. The second-order valence-electron chi connectivity index (χ2n) is 5.41. The number of carbonyl (C=O) groups is 1. The van der Waals surface area contributed by atoms with E-state index in [1.807, 2.05) is 0 Å². The Hall–Kier alpha value is -1.47. The summed E-state index contributed by atoms with van der Waals surface area (Å²) in [6, 6.07) is 4.88. The van der Waals surface area contributed by atoms with Crippen molar-refractivity contribution >= 4 is 15.9 Å². The van der Waals surface area contributed by atoms with Crippen LogP contribution in [0.3, 0.4) is 0 Å². The molecule has 0 aromatic heterocycles. The number of halogens is 1. The molecule has 1 N–H and O–H groups in total. The van der Waals surface area contributed by atoms with Crippen LogP contribution in [0, 0.1) is 5.82 Å². The SMILES string of the molecule is CCC(=O)NC1CCCN(S(=O)(=O)c2ccc(F)cc2)CC1. The van der Waals surface area contributed by atoms with Crippen LogP contribution in [-0.4, -0.2) is 37.8 Å². The van der Waals surface area contributed by atoms with Crippen molar-refractivity contribution in [3.05, 3.63) is 30.1 Å². The first-order valence-corrected chi connectivity index (χ1v) is 8.92. The maximum atomic E-state index is 12.9. The standard InChI is InChI=1S/C15H21FN2O3S/c1-2-15(19)17-13-4-3-10-18(11-9-13)22(20,21)14-7-5-12(16)6-8-14/h5-8,13H,2-4,9-11H2,1H3,(H,17,19). The van der Waals surface area contributed by atoms with E-state index in [-0.39, 0.29) is 16.8 Å². The van der Waals surface area contributed by atoms with Crippen molar-refractivity contribution in [2.24, 2.45) is 0 Å². The van der Waals surface area contributed by atoms with Crippen molar-refractivity contribution < 1.29 is 17.6 Å². The molecule has 1 fully saturated rings. The van der Waals surface area contributed by atoms with Gasteiger partial charge in [-0.3, -0.25) is 4.79 Å². The Morgan fingerprint density at radius 2 is 1.95 bits per heavy atom. The molecule has 0 radical (unpaired) electrons. The fraction of sp³-hybridized carbons (Fsp3) is 0.533. The van der Waals surface area contributed by atoms with E-state index in [4.69, 9.17) is 0 Å². The highest BCUT2D eigenvalue weighted by Gasteiger charge is 2.27. The van der Waals surface area contributed by atoms with E-state index in [2.05, 4.69) is 5.32 Å². The first kappa shape index (κ1) is 16.9. The van der Waals surface area contributed by atoms with Gasteiger partial charge >= 0.3 is 0 Å². The molecule has 5 nitrogen and oxygen atoms in total. The Morgan fingerprint density at radius 1 is 1.27 bits per heavy atom. The lowest BCUT2D eigenvalue weighted by Crippen LogP contribution is -2.36. The summed E-state index contributed by atoms with van der Waals surface area (Å²) in [5.74, 6) is -0.475. The predicted octanol–water partition coefficient (Wildman–Crippen LogP) is 1.90. The second kappa shape index (κ2) is 7.19. The molecule has 22 heavy (non-hydrogen) atoms. The topological polar surface area (TPSA) is 66.5 Å². The van der Waals surface area contributed by atoms with Gasteiger partial charge in [0.25, 0.3) is 0 Å². The molecule has 1 amide bonds. The van der Waals surface area contributed by atoms with Gasteiger partial charge in [0.15, 0.2) is 0 Å². The lowest BCUT2D eigenvalue weighted by atomic mass is 10.1. The highest BCUT2D eigenvalue weighted by atomic mass is 32.2. The maximum Gasteiger partial charge on any atom is 0.243 e. The van der Waals surface area contributed by atoms with Crippen LogP contribution in [0.15, 0.2) is 29.2 Å². The zero-order valence-electron chi connectivity index (χ0n) is 12.6. The summed E-state index contributed by atoms with van der Waals surface area (Å²) in [6.07, 6.45) is 2.47. The average Bonchev–Trinajstić information content (AvgIpc) is 2.73. The first-order chi connectivity index (χ1) is 10.4. The molecule has 1 atom stereocenters. The molecule has 0 saturated carbocycles. The van der Waals surface area contributed by atoms with Gasteiger partial charge in [0.2, 0.25) is 15.9 Å². The molecule has 0 spiro atoms. The van der Waals surface area contributed by atoms with Gasteiger partial charge in [0.05, 0.1) is 4.90 Å². The number of nitrogens with one attached hydrogen (secondary N) is 1. The van der Waals surface area contributed by atoms with E-state index in [1.54, 1.807) is 6.92 Å². The van der Waals surface area contributed by atoms with Crippen molar-refractivity contribution in [2.45, 2.75) is 43.5 Å². The van der Waals surface area contributed by atoms with Crippen molar-refractivity contribution in [1.82, 2.24) is 9.62 Å². The van der Waals surface area contributed by atoms with Crippen LogP contribution in [0.5, 0.6) is 0 Å². The van der Waals surface area contributed by atoms with E-state index >= 15 is 0 Å². The van der Waals surface area contributed by atoms with Crippen LogP contribution in [-0.2, 0) is 14.8 Å². The van der Waals surface area contributed by atoms with Gasteiger partial charge in [-0.2, -0.15) is 4.31 Å². The number of amides is 1. The number of rotatable bonds is 4. The second-order valence-corrected chi connectivity index (χ2v) is 7.34. The monoisotopic (exact) mass is 328 g/mol. The summed E-state index contributed by atoms with van der Waals surface area (Å²) in [5.41, 5.74) is 0. The van der Waals surface area contributed by atoms with E-state index in [0.717, 1.165) is 18.6 Å². The van der Waals surface area contributed by atoms with E-state index in [9.17, 15) is 17.6 Å². The third-order valence-corrected chi connectivity index (χ3v) is 5.74. The molecule has 1 saturated heterocycles. The van der Waals surface area contributed by atoms with Gasteiger partial charge in [-0.25, -0.2) is 12.8 Å². The van der Waals surface area contributed by atoms with Crippen LogP contribution in [0.1, 0.15) is 32.6 Å². The molecule has 1 heterocycles. The number of benzene rings is 1. The lowest BCUT2D eigenvalue weighted by molar-refractivity contribution is -0.121. The molecule has 0 aliphatic carbocycles. The first-order valence-electron chi connectivity index (χ1n) is 7.48. The zero-order valence-corrected chi connectivity index (χ0v) is 13.4. The third kappa shape index (κ3) is 4.04. The van der Waals surface area contributed by atoms with Crippen LogP contribution < -0.4 is 5.32 Å². The number of hydrogen-bond donors (Lipinski definition) is 1. The number of carbonyl (C=O) groups excluding carboxylic acids is 1. The lowest BCUT2D eigenvalue weighted by Gasteiger charge is -2.20. The third-order valence-electron chi connectivity index (χ3n) is 3.82. The van der Waals surface area contributed by atoms with Crippen LogP contribution in [0.25, 0.3) is 0 Å². The highest BCUT2D eigenvalue weighted by molar-refractivity contribution is 7.89. The van der Waals surface area contributed by atoms with Gasteiger partial charge in [-0.05, 0) is 43.5 Å². The average molecular weight is 328 g/mol. The van der Waals surface area contributed by atoms with Crippen molar-refractivity contribution in [2.75, 3.05) is 13.1 Å². The molecular weight excluding hydrogens is 307 g/mol. The molecule has 1 aliphatic rings. The summed E-state index contributed by atoms with van der Waals surface area (Å²) in [4.78, 5) is 11.5. The summed E-state index contributed by atoms with van der Waals surface area (Å²) < 4.78 is 39.5. The van der Waals surface area contributed by atoms with Gasteiger partial charge in [0, 0.05) is 25.6 Å². The minimum Gasteiger partial charge on any atom is -0.353 e. The Bertz CT molecular complexity index is 616. The fourth-order valence-corrected chi connectivity index (χ4v) is 4.03. The quantitative estimate of drug-likeness (QED) is 0.918. The highest BCUT2D eigenvalue weighted by Crippen LogP contribution is 2.20. The van der Waals surface area contributed by atoms with Crippen LogP contribution in [0.2, 0.25) is 0 Å². The maximum absolute atomic E-state index is 12.9. The Labute approximate surface area is 130 Å². The van der Waals surface area contributed by atoms with Gasteiger partial charge in [-0.1, -0.05) is 6.92 Å². The van der Waals surface area contributed by atoms with E-state index in [0.29, 0.717) is 32.4 Å². The smallest absolute Gasteiger partial charge is 0.243 e. The summed E-state index contributed by atoms with van der Waals surface area (Å²) in [7, 11) is -3.61. The summed E-state index contributed by atoms with van der Waals surface area (Å²) in [5, 5.41) is 2.92. The number of nitrogens with zero attached hydrogens (tertiary/aromatic N) is 1.